The summed E-state index contributed by atoms with van der Waals surface area (Å²) in [5.41, 5.74) is 8.93. The van der Waals surface area contributed by atoms with Crippen molar-refractivity contribution in [3.63, 3.8) is 0 Å². The number of alkyl halides is 3. The number of carbonyl (C=O) groups excluding carboxylic acids is 1. The highest BCUT2D eigenvalue weighted by atomic mass is 19.4. The lowest BCUT2D eigenvalue weighted by molar-refractivity contribution is -0.137. The van der Waals surface area contributed by atoms with Gasteiger partial charge in [-0.15, -0.1) is 0 Å². The van der Waals surface area contributed by atoms with Gasteiger partial charge < -0.3 is 16.0 Å². The van der Waals surface area contributed by atoms with Crippen LogP contribution in [0.2, 0.25) is 0 Å². The highest BCUT2D eigenvalue weighted by Crippen LogP contribution is 2.44. The number of nitrogens with one attached hydrogen (secondary N) is 1. The lowest BCUT2D eigenvalue weighted by Gasteiger charge is -2.31. The number of nitrogen functional groups attached to an aromatic ring is 1. The maximum absolute atomic E-state index is 14.0. The lowest BCUT2D eigenvalue weighted by Crippen LogP contribution is -2.30. The SMILES string of the molecule is Cc1c(C2CCN(C)CC2)cc(NC(=O)Cc2ccc(-n3cnc4ccccc43)cc2)c(N)c1C(F)(F)F. The van der Waals surface area contributed by atoms with E-state index >= 15 is 0 Å². The molecule has 3 N–H and O–H groups in total. The van der Waals surface area contributed by atoms with Gasteiger partial charge in [0.15, 0.2) is 0 Å². The molecule has 0 spiro atoms. The summed E-state index contributed by atoms with van der Waals surface area (Å²) in [5, 5.41) is 2.66. The Balaban J connectivity index is 1.37. The molecule has 0 bridgehead atoms. The number of aromatic nitrogens is 2. The monoisotopic (exact) mass is 521 g/mol. The number of para-hydroxylation sites is 2. The van der Waals surface area contributed by atoms with Gasteiger partial charge in [0.25, 0.3) is 0 Å². The molecule has 5 rings (SSSR count). The second kappa shape index (κ2) is 10.1. The number of amides is 1. The van der Waals surface area contributed by atoms with Gasteiger partial charge in [-0.3, -0.25) is 9.36 Å². The molecule has 0 atom stereocenters. The van der Waals surface area contributed by atoms with Crippen LogP contribution in [0.5, 0.6) is 0 Å². The second-order valence-electron chi connectivity index (χ2n) is 10.00. The fourth-order valence-corrected chi connectivity index (χ4v) is 5.35. The predicted molar refractivity (Wildman–Crippen MR) is 143 cm³/mol. The smallest absolute Gasteiger partial charge is 0.397 e. The van der Waals surface area contributed by atoms with E-state index in [1.165, 1.54) is 6.92 Å². The molecule has 0 aliphatic carbocycles. The number of fused-ring (bicyclic) bond motifs is 1. The van der Waals surface area contributed by atoms with Gasteiger partial charge in [-0.1, -0.05) is 24.3 Å². The van der Waals surface area contributed by atoms with Gasteiger partial charge in [-0.2, -0.15) is 13.2 Å². The molecule has 9 heteroatoms. The van der Waals surface area contributed by atoms with E-state index in [0.29, 0.717) is 5.56 Å². The summed E-state index contributed by atoms with van der Waals surface area (Å²) < 4.78 is 44.0. The lowest BCUT2D eigenvalue weighted by atomic mass is 9.84. The van der Waals surface area contributed by atoms with Crippen molar-refractivity contribution >= 4 is 28.3 Å². The van der Waals surface area contributed by atoms with Crippen molar-refractivity contribution in [1.82, 2.24) is 14.5 Å². The minimum absolute atomic E-state index is 0.00316. The average molecular weight is 522 g/mol. The van der Waals surface area contributed by atoms with E-state index in [2.05, 4.69) is 15.2 Å². The van der Waals surface area contributed by atoms with Crippen molar-refractivity contribution in [2.75, 3.05) is 31.2 Å². The summed E-state index contributed by atoms with van der Waals surface area (Å²) in [6.07, 6.45) is -1.37. The number of carbonyl (C=O) groups is 1. The Hall–Kier alpha value is -3.85. The first kappa shape index (κ1) is 25.8. The average Bonchev–Trinajstić information content (AvgIpc) is 3.30. The molecule has 1 saturated heterocycles. The fourth-order valence-electron chi connectivity index (χ4n) is 5.35. The summed E-state index contributed by atoms with van der Waals surface area (Å²) in [4.78, 5) is 19.5. The Kier molecular flexibility index (Phi) is 6.88. The molecular formula is C29H30F3N5O. The second-order valence-corrected chi connectivity index (χ2v) is 10.00. The van der Waals surface area contributed by atoms with Crippen molar-refractivity contribution in [3.8, 4) is 5.69 Å². The Bertz CT molecular complexity index is 1470. The maximum atomic E-state index is 14.0. The highest BCUT2D eigenvalue weighted by Gasteiger charge is 2.38. The van der Waals surface area contributed by atoms with Gasteiger partial charge in [0, 0.05) is 5.69 Å². The van der Waals surface area contributed by atoms with Crippen LogP contribution in [0.3, 0.4) is 0 Å². The van der Waals surface area contributed by atoms with Crippen molar-refractivity contribution < 1.29 is 18.0 Å². The zero-order valence-corrected chi connectivity index (χ0v) is 21.3. The molecule has 1 amide bonds. The molecule has 6 nitrogen and oxygen atoms in total. The summed E-state index contributed by atoms with van der Waals surface area (Å²) in [5.74, 6) is -0.445. The Morgan fingerprint density at radius 1 is 1.11 bits per heavy atom. The minimum atomic E-state index is -4.62. The summed E-state index contributed by atoms with van der Waals surface area (Å²) in [7, 11) is 2.00. The number of halogens is 3. The van der Waals surface area contributed by atoms with Crippen LogP contribution in [0.25, 0.3) is 16.7 Å². The number of nitrogens with two attached hydrogens (primary N) is 1. The zero-order chi connectivity index (χ0) is 27.0. The molecule has 0 unspecified atom stereocenters. The van der Waals surface area contributed by atoms with Gasteiger partial charge in [0.2, 0.25) is 5.91 Å². The van der Waals surface area contributed by atoms with E-state index in [9.17, 15) is 18.0 Å². The summed E-state index contributed by atoms with van der Waals surface area (Å²) in [6, 6.07) is 16.8. The van der Waals surface area contributed by atoms with Crippen LogP contribution in [0.1, 0.15) is 41.0 Å². The maximum Gasteiger partial charge on any atom is 0.418 e. The largest absolute Gasteiger partial charge is 0.418 e. The molecule has 1 aliphatic heterocycles. The van der Waals surface area contributed by atoms with E-state index in [1.54, 1.807) is 12.4 Å². The van der Waals surface area contributed by atoms with E-state index < -0.39 is 23.3 Å². The van der Waals surface area contributed by atoms with Gasteiger partial charge in [0.1, 0.15) is 6.33 Å². The third-order valence-electron chi connectivity index (χ3n) is 7.42. The van der Waals surface area contributed by atoms with Crippen molar-refractivity contribution in [1.29, 1.82) is 0 Å². The molecule has 38 heavy (non-hydrogen) atoms. The van der Waals surface area contributed by atoms with Crippen molar-refractivity contribution in [2.24, 2.45) is 0 Å². The van der Waals surface area contributed by atoms with Crippen molar-refractivity contribution in [3.05, 3.63) is 83.2 Å². The number of anilines is 2. The molecule has 1 aliphatic rings. The number of hydrogen-bond donors (Lipinski definition) is 2. The van der Waals surface area contributed by atoms with Crippen LogP contribution in [-0.2, 0) is 17.4 Å². The van der Waals surface area contributed by atoms with Gasteiger partial charge in [0.05, 0.1) is 34.4 Å². The molecule has 198 valence electrons. The van der Waals surface area contributed by atoms with Crippen LogP contribution >= 0.6 is 0 Å². The fraction of sp³-hybridized carbons (Fsp3) is 0.310. The zero-order valence-electron chi connectivity index (χ0n) is 21.3. The number of nitrogens with zero attached hydrogens (tertiary/aromatic N) is 3. The van der Waals surface area contributed by atoms with Crippen LogP contribution in [0.4, 0.5) is 24.5 Å². The predicted octanol–water partition coefficient (Wildman–Crippen LogP) is 5.93. The van der Waals surface area contributed by atoms with E-state index in [-0.39, 0.29) is 23.6 Å². The molecular weight excluding hydrogens is 491 g/mol. The van der Waals surface area contributed by atoms with E-state index in [0.717, 1.165) is 48.2 Å². The number of rotatable bonds is 5. The topological polar surface area (TPSA) is 76.2 Å². The van der Waals surface area contributed by atoms with Crippen LogP contribution in [0.15, 0.2) is 60.9 Å². The molecule has 3 aromatic carbocycles. The molecule has 0 saturated carbocycles. The van der Waals surface area contributed by atoms with E-state index in [4.69, 9.17) is 5.73 Å². The Morgan fingerprint density at radius 3 is 2.47 bits per heavy atom. The van der Waals surface area contributed by atoms with Crippen LogP contribution in [0, 0.1) is 6.92 Å². The summed E-state index contributed by atoms with van der Waals surface area (Å²) in [6.45, 7) is 3.09. The quantitative estimate of drug-likeness (QED) is 0.320. The van der Waals surface area contributed by atoms with Gasteiger partial charge >= 0.3 is 6.18 Å². The van der Waals surface area contributed by atoms with E-state index in [1.807, 2.05) is 60.1 Å². The third kappa shape index (κ3) is 5.11. The van der Waals surface area contributed by atoms with Crippen LogP contribution in [-0.4, -0.2) is 40.5 Å². The first-order valence-electron chi connectivity index (χ1n) is 12.6. The minimum Gasteiger partial charge on any atom is -0.397 e. The normalized spacial score (nSPS) is 15.2. The first-order chi connectivity index (χ1) is 18.1. The molecule has 0 radical (unpaired) electrons. The number of likely N-dealkylation sites (tertiary alicyclic amines) is 1. The molecule has 1 fully saturated rings. The number of piperidine rings is 1. The third-order valence-corrected chi connectivity index (χ3v) is 7.42. The Morgan fingerprint density at radius 2 is 1.79 bits per heavy atom. The summed E-state index contributed by atoms with van der Waals surface area (Å²) >= 11 is 0. The number of imidazole rings is 1. The number of benzene rings is 3. The van der Waals surface area contributed by atoms with Gasteiger partial charge in [-0.05, 0) is 92.8 Å². The van der Waals surface area contributed by atoms with Crippen LogP contribution < -0.4 is 11.1 Å². The first-order valence-corrected chi connectivity index (χ1v) is 12.6. The number of hydrogen-bond acceptors (Lipinski definition) is 4. The molecule has 1 aromatic heterocycles. The molecule has 4 aromatic rings. The Labute approximate surface area is 219 Å². The highest BCUT2D eigenvalue weighted by molar-refractivity contribution is 5.96. The standard InChI is InChI=1S/C29H30F3N5O/c1-18-22(20-11-13-36(2)14-12-20)16-24(28(33)27(18)29(30,31)32)35-26(38)15-19-7-9-21(10-8-19)37-17-34-23-5-3-4-6-25(23)37/h3-10,16-17,20H,11-15,33H2,1-2H3,(H,35,38). The van der Waals surface area contributed by atoms with Crippen molar-refractivity contribution in [2.45, 2.75) is 38.3 Å². The molecule has 2 heterocycles. The van der Waals surface area contributed by atoms with Gasteiger partial charge in [-0.25, -0.2) is 4.98 Å².